The lowest BCUT2D eigenvalue weighted by atomic mass is 10.1. The molecule has 0 radical (unpaired) electrons. The Hall–Kier alpha value is -1.75. The molecule has 0 fully saturated rings. The summed E-state index contributed by atoms with van der Waals surface area (Å²) in [7, 11) is 1.93. The van der Waals surface area contributed by atoms with Gasteiger partial charge in [0.15, 0.2) is 0 Å². The Kier molecular flexibility index (Phi) is 4.04. The van der Waals surface area contributed by atoms with Crippen molar-refractivity contribution in [2.45, 2.75) is 19.9 Å². The predicted octanol–water partition coefficient (Wildman–Crippen LogP) is 1.59. The van der Waals surface area contributed by atoms with Crippen LogP contribution >= 0.6 is 0 Å². The highest BCUT2D eigenvalue weighted by atomic mass is 19.1. The lowest BCUT2D eigenvalue weighted by Gasteiger charge is -2.07. The lowest BCUT2D eigenvalue weighted by Crippen LogP contribution is -2.18. The van der Waals surface area contributed by atoms with Gasteiger partial charge in [-0.3, -0.25) is 0 Å². The zero-order valence-corrected chi connectivity index (χ0v) is 10.7. The second-order valence-corrected chi connectivity index (χ2v) is 4.36. The molecule has 2 aromatic rings. The molecule has 0 aliphatic rings. The van der Waals surface area contributed by atoms with Crippen molar-refractivity contribution >= 4 is 0 Å². The smallest absolute Gasteiger partial charge is 0.133 e. The van der Waals surface area contributed by atoms with Crippen molar-refractivity contribution in [3.05, 3.63) is 47.3 Å². The minimum Gasteiger partial charge on any atom is -0.321 e. The van der Waals surface area contributed by atoms with Gasteiger partial charge in [-0.15, -0.1) is 10.2 Å². The third-order valence-electron chi connectivity index (χ3n) is 2.95. The summed E-state index contributed by atoms with van der Waals surface area (Å²) < 4.78 is 14.8. The number of rotatable bonds is 5. The molecule has 1 aromatic heterocycles. The Bertz CT molecular complexity index is 521. The zero-order chi connectivity index (χ0) is 13.0. The molecule has 0 aliphatic carbocycles. The van der Waals surface area contributed by atoms with E-state index in [0.717, 1.165) is 36.5 Å². The molecule has 1 aromatic carbocycles. The summed E-state index contributed by atoms with van der Waals surface area (Å²) in [5.41, 5.74) is 2.09. The number of hydrogen-bond acceptors (Lipinski definition) is 3. The molecule has 0 spiro atoms. The van der Waals surface area contributed by atoms with E-state index >= 15 is 0 Å². The number of nitrogens with one attached hydrogen (secondary N) is 1. The highest BCUT2D eigenvalue weighted by molar-refractivity contribution is 5.26. The first kappa shape index (κ1) is 12.7. The van der Waals surface area contributed by atoms with Crippen molar-refractivity contribution in [1.29, 1.82) is 0 Å². The number of benzene rings is 1. The second kappa shape index (κ2) is 5.73. The molecule has 4 nitrogen and oxygen atoms in total. The maximum Gasteiger partial charge on any atom is 0.133 e. The number of aryl methyl sites for hydroxylation is 2. The fourth-order valence-electron chi connectivity index (χ4n) is 1.81. The van der Waals surface area contributed by atoms with Gasteiger partial charge in [-0.05, 0) is 30.2 Å². The van der Waals surface area contributed by atoms with E-state index < -0.39 is 0 Å². The molecule has 1 N–H and O–H groups in total. The minimum absolute atomic E-state index is 0.185. The van der Waals surface area contributed by atoms with Crippen LogP contribution in [0.1, 0.15) is 17.0 Å². The molecule has 18 heavy (non-hydrogen) atoms. The van der Waals surface area contributed by atoms with Gasteiger partial charge < -0.3 is 9.88 Å². The van der Waals surface area contributed by atoms with Crippen LogP contribution in [0.15, 0.2) is 24.5 Å². The second-order valence-electron chi connectivity index (χ2n) is 4.36. The summed E-state index contributed by atoms with van der Waals surface area (Å²) in [5, 5.41) is 11.2. The maximum atomic E-state index is 12.9. The first-order chi connectivity index (χ1) is 8.66. The molecule has 96 valence electrons. The van der Waals surface area contributed by atoms with Gasteiger partial charge in [0.05, 0.1) is 0 Å². The molecule has 0 saturated carbocycles. The summed E-state index contributed by atoms with van der Waals surface area (Å²) in [6, 6.07) is 4.87. The SMILES string of the molecule is Cc1cc(F)ccc1CNCCc1nncn1C. The van der Waals surface area contributed by atoms with Crippen LogP contribution < -0.4 is 5.32 Å². The molecule has 0 unspecified atom stereocenters. The van der Waals surface area contributed by atoms with Crippen LogP contribution in [0, 0.1) is 12.7 Å². The van der Waals surface area contributed by atoms with Crippen molar-refractivity contribution in [3.8, 4) is 0 Å². The van der Waals surface area contributed by atoms with E-state index in [1.54, 1.807) is 12.4 Å². The van der Waals surface area contributed by atoms with E-state index in [1.807, 2.05) is 24.6 Å². The highest BCUT2D eigenvalue weighted by Gasteiger charge is 2.02. The highest BCUT2D eigenvalue weighted by Crippen LogP contribution is 2.09. The van der Waals surface area contributed by atoms with Crippen molar-refractivity contribution in [3.63, 3.8) is 0 Å². The average molecular weight is 248 g/mol. The Balaban J connectivity index is 1.80. The first-order valence-corrected chi connectivity index (χ1v) is 5.95. The Morgan fingerprint density at radius 2 is 2.22 bits per heavy atom. The molecule has 5 heteroatoms. The van der Waals surface area contributed by atoms with Gasteiger partial charge in [0, 0.05) is 26.6 Å². The molecule has 2 rings (SSSR count). The molecule has 1 heterocycles. The summed E-state index contributed by atoms with van der Waals surface area (Å²) in [5.74, 6) is 0.772. The van der Waals surface area contributed by atoms with Crippen LogP contribution in [0.2, 0.25) is 0 Å². The maximum absolute atomic E-state index is 12.9. The third kappa shape index (κ3) is 3.13. The van der Waals surface area contributed by atoms with Gasteiger partial charge in [0.1, 0.15) is 18.0 Å². The molecule has 0 aliphatic heterocycles. The van der Waals surface area contributed by atoms with E-state index in [9.17, 15) is 4.39 Å². The van der Waals surface area contributed by atoms with E-state index in [4.69, 9.17) is 0 Å². The van der Waals surface area contributed by atoms with Gasteiger partial charge in [-0.25, -0.2) is 4.39 Å². The number of aromatic nitrogens is 3. The third-order valence-corrected chi connectivity index (χ3v) is 2.95. The Morgan fingerprint density at radius 1 is 1.39 bits per heavy atom. The minimum atomic E-state index is -0.185. The Morgan fingerprint density at radius 3 is 2.89 bits per heavy atom. The van der Waals surface area contributed by atoms with E-state index in [0.29, 0.717) is 0 Å². The summed E-state index contributed by atoms with van der Waals surface area (Å²) in [6.07, 6.45) is 2.52. The van der Waals surface area contributed by atoms with E-state index in [-0.39, 0.29) is 5.82 Å². The topological polar surface area (TPSA) is 42.7 Å². The summed E-state index contributed by atoms with van der Waals surface area (Å²) >= 11 is 0. The number of nitrogens with zero attached hydrogens (tertiary/aromatic N) is 3. The van der Waals surface area contributed by atoms with Gasteiger partial charge in [-0.2, -0.15) is 0 Å². The first-order valence-electron chi connectivity index (χ1n) is 5.95. The van der Waals surface area contributed by atoms with Crippen LogP contribution in [-0.2, 0) is 20.0 Å². The molecular formula is C13H17FN4. The monoisotopic (exact) mass is 248 g/mol. The number of hydrogen-bond donors (Lipinski definition) is 1. The Labute approximate surface area is 106 Å². The number of halogens is 1. The van der Waals surface area contributed by atoms with Crippen molar-refractivity contribution in [1.82, 2.24) is 20.1 Å². The van der Waals surface area contributed by atoms with Crippen molar-refractivity contribution in [2.75, 3.05) is 6.54 Å². The van der Waals surface area contributed by atoms with Crippen molar-refractivity contribution in [2.24, 2.45) is 7.05 Å². The van der Waals surface area contributed by atoms with Crippen LogP contribution in [0.5, 0.6) is 0 Å². The fourth-order valence-corrected chi connectivity index (χ4v) is 1.81. The largest absolute Gasteiger partial charge is 0.321 e. The van der Waals surface area contributed by atoms with Crippen LogP contribution in [-0.4, -0.2) is 21.3 Å². The normalized spacial score (nSPS) is 10.8. The summed E-state index contributed by atoms with van der Waals surface area (Å²) in [4.78, 5) is 0. The fraction of sp³-hybridized carbons (Fsp3) is 0.385. The predicted molar refractivity (Wildman–Crippen MR) is 67.6 cm³/mol. The van der Waals surface area contributed by atoms with Gasteiger partial charge in [0.2, 0.25) is 0 Å². The summed E-state index contributed by atoms with van der Waals surface area (Å²) in [6.45, 7) is 3.48. The van der Waals surface area contributed by atoms with Crippen molar-refractivity contribution < 1.29 is 4.39 Å². The van der Waals surface area contributed by atoms with Crippen LogP contribution in [0.25, 0.3) is 0 Å². The van der Waals surface area contributed by atoms with E-state index in [1.165, 1.54) is 6.07 Å². The lowest BCUT2D eigenvalue weighted by molar-refractivity contribution is 0.621. The average Bonchev–Trinajstić information content (AvgIpc) is 2.73. The molecule has 0 bridgehead atoms. The van der Waals surface area contributed by atoms with Crippen LogP contribution in [0.3, 0.4) is 0 Å². The van der Waals surface area contributed by atoms with Gasteiger partial charge in [-0.1, -0.05) is 6.07 Å². The molecular weight excluding hydrogens is 231 g/mol. The molecule has 0 saturated heterocycles. The van der Waals surface area contributed by atoms with Gasteiger partial charge in [0.25, 0.3) is 0 Å². The zero-order valence-electron chi connectivity index (χ0n) is 10.7. The van der Waals surface area contributed by atoms with Crippen LogP contribution in [0.4, 0.5) is 4.39 Å². The standard InChI is InChI=1S/C13H17FN4/c1-10-7-12(14)4-3-11(10)8-15-6-5-13-17-16-9-18(13)2/h3-4,7,9,15H,5-6,8H2,1-2H3. The van der Waals surface area contributed by atoms with E-state index in [2.05, 4.69) is 15.5 Å². The quantitative estimate of drug-likeness (QED) is 0.817. The molecule has 0 atom stereocenters. The molecule has 0 amide bonds. The van der Waals surface area contributed by atoms with Gasteiger partial charge >= 0.3 is 0 Å².